The van der Waals surface area contributed by atoms with Crippen molar-refractivity contribution in [1.82, 2.24) is 0 Å². The maximum Gasteiger partial charge on any atom is 0.573 e. The van der Waals surface area contributed by atoms with Gasteiger partial charge in [-0.3, -0.25) is 0 Å². The quantitative estimate of drug-likeness (QED) is 0.731. The van der Waals surface area contributed by atoms with Crippen molar-refractivity contribution in [2.75, 3.05) is 23.3 Å². The molecule has 0 aromatic heterocycles. The van der Waals surface area contributed by atoms with E-state index in [1.165, 1.54) is 12.1 Å². The molecule has 1 heterocycles. The molecule has 0 aliphatic carbocycles. The van der Waals surface area contributed by atoms with Crippen LogP contribution in [0.25, 0.3) is 0 Å². The molecule has 0 saturated carbocycles. The van der Waals surface area contributed by atoms with Crippen molar-refractivity contribution in [3.05, 3.63) is 53.1 Å². The Balaban J connectivity index is 1.68. The SMILES string of the molecule is Cc1cc(C)c(C(=O)O)cc1NC1CCN(c2ccccc2OC(F)(F)F)CC1. The topological polar surface area (TPSA) is 61.8 Å². The van der Waals surface area contributed by atoms with Crippen LogP contribution in [0.1, 0.15) is 34.3 Å². The van der Waals surface area contributed by atoms with Crippen molar-refractivity contribution >= 4 is 17.3 Å². The fraction of sp³-hybridized carbons (Fsp3) is 0.381. The highest BCUT2D eigenvalue weighted by molar-refractivity contribution is 5.91. The Kier molecular flexibility index (Phi) is 5.91. The molecule has 1 fully saturated rings. The van der Waals surface area contributed by atoms with Crippen molar-refractivity contribution < 1.29 is 27.8 Å². The first kappa shape index (κ1) is 20.8. The van der Waals surface area contributed by atoms with Crippen LogP contribution in [0.15, 0.2) is 36.4 Å². The number of benzene rings is 2. The lowest BCUT2D eigenvalue weighted by molar-refractivity contribution is -0.274. The average Bonchev–Trinajstić information content (AvgIpc) is 2.63. The number of aryl methyl sites for hydroxylation is 2. The zero-order valence-corrected chi connectivity index (χ0v) is 16.2. The van der Waals surface area contributed by atoms with Crippen LogP contribution < -0.4 is 15.0 Å². The number of ether oxygens (including phenoxy) is 1. The average molecular weight is 408 g/mol. The Morgan fingerprint density at radius 1 is 1.14 bits per heavy atom. The number of anilines is 2. The molecule has 0 unspecified atom stereocenters. The molecule has 0 bridgehead atoms. The molecular formula is C21H23F3N2O3. The molecule has 2 N–H and O–H groups in total. The van der Waals surface area contributed by atoms with Gasteiger partial charge in [-0.15, -0.1) is 13.2 Å². The summed E-state index contributed by atoms with van der Waals surface area (Å²) in [6.07, 6.45) is -3.33. The molecule has 2 aromatic rings. The van der Waals surface area contributed by atoms with Gasteiger partial charge >= 0.3 is 12.3 Å². The van der Waals surface area contributed by atoms with Crippen molar-refractivity contribution in [2.45, 2.75) is 39.1 Å². The second-order valence-electron chi connectivity index (χ2n) is 7.21. The van der Waals surface area contributed by atoms with Gasteiger partial charge in [0.1, 0.15) is 0 Å². The van der Waals surface area contributed by atoms with Crippen molar-refractivity contribution in [1.29, 1.82) is 0 Å². The lowest BCUT2D eigenvalue weighted by Crippen LogP contribution is -2.39. The summed E-state index contributed by atoms with van der Waals surface area (Å²) in [5.41, 5.74) is 3.11. The minimum Gasteiger partial charge on any atom is -0.478 e. The summed E-state index contributed by atoms with van der Waals surface area (Å²) in [7, 11) is 0. The molecule has 5 nitrogen and oxygen atoms in total. The third-order valence-corrected chi connectivity index (χ3v) is 5.09. The summed E-state index contributed by atoms with van der Waals surface area (Å²) in [5.74, 6) is -1.17. The van der Waals surface area contributed by atoms with Gasteiger partial charge < -0.3 is 20.1 Å². The lowest BCUT2D eigenvalue weighted by atomic mass is 10.0. The number of nitrogens with one attached hydrogen (secondary N) is 1. The normalized spacial score (nSPS) is 15.3. The minimum absolute atomic E-state index is 0.102. The van der Waals surface area contributed by atoms with E-state index < -0.39 is 12.3 Å². The van der Waals surface area contributed by atoms with Gasteiger partial charge in [-0.2, -0.15) is 0 Å². The molecular weight excluding hydrogens is 385 g/mol. The largest absolute Gasteiger partial charge is 0.573 e. The maximum atomic E-state index is 12.7. The summed E-state index contributed by atoms with van der Waals surface area (Å²) < 4.78 is 42.1. The van der Waals surface area contributed by atoms with Gasteiger partial charge in [0.25, 0.3) is 0 Å². The summed E-state index contributed by atoms with van der Waals surface area (Å²) >= 11 is 0. The molecule has 1 aliphatic heterocycles. The van der Waals surface area contributed by atoms with Crippen molar-refractivity contribution in [3.8, 4) is 5.75 Å². The fourth-order valence-electron chi connectivity index (χ4n) is 3.65. The number of hydrogen-bond donors (Lipinski definition) is 2. The van der Waals surface area contributed by atoms with Crippen LogP contribution in [-0.4, -0.2) is 36.6 Å². The first-order valence-electron chi connectivity index (χ1n) is 9.35. The summed E-state index contributed by atoms with van der Waals surface area (Å²) in [6, 6.07) is 9.72. The number of para-hydroxylation sites is 2. The van der Waals surface area contributed by atoms with Crippen molar-refractivity contribution in [2.24, 2.45) is 0 Å². The van der Waals surface area contributed by atoms with E-state index in [1.807, 2.05) is 17.9 Å². The predicted molar refractivity (Wildman–Crippen MR) is 105 cm³/mol. The molecule has 0 spiro atoms. The van der Waals surface area contributed by atoms with Crippen LogP contribution in [0.5, 0.6) is 5.75 Å². The van der Waals surface area contributed by atoms with E-state index in [2.05, 4.69) is 10.1 Å². The maximum absolute atomic E-state index is 12.7. The van der Waals surface area contributed by atoms with Crippen LogP contribution in [-0.2, 0) is 0 Å². The zero-order valence-electron chi connectivity index (χ0n) is 16.2. The van der Waals surface area contributed by atoms with Crippen LogP contribution in [0, 0.1) is 13.8 Å². The van der Waals surface area contributed by atoms with Crippen LogP contribution in [0.4, 0.5) is 24.5 Å². The van der Waals surface area contributed by atoms with E-state index in [-0.39, 0.29) is 17.4 Å². The summed E-state index contributed by atoms with van der Waals surface area (Å²) in [4.78, 5) is 13.3. The van der Waals surface area contributed by atoms with E-state index in [0.29, 0.717) is 37.2 Å². The lowest BCUT2D eigenvalue weighted by Gasteiger charge is -2.35. The molecule has 2 aromatic carbocycles. The molecule has 156 valence electrons. The highest BCUT2D eigenvalue weighted by Gasteiger charge is 2.33. The summed E-state index contributed by atoms with van der Waals surface area (Å²) in [6.45, 7) is 4.80. The number of carboxylic acids is 1. The Morgan fingerprint density at radius 3 is 2.41 bits per heavy atom. The Morgan fingerprint density at radius 2 is 1.79 bits per heavy atom. The van der Waals surface area contributed by atoms with E-state index in [4.69, 9.17) is 0 Å². The molecule has 3 rings (SSSR count). The Labute approximate surface area is 167 Å². The van der Waals surface area contributed by atoms with Gasteiger partial charge in [-0.05, 0) is 56.0 Å². The van der Waals surface area contributed by atoms with Gasteiger partial charge in [-0.1, -0.05) is 18.2 Å². The number of hydrogen-bond acceptors (Lipinski definition) is 4. The number of carboxylic acid groups (broad SMARTS) is 1. The first-order chi connectivity index (χ1) is 13.6. The van der Waals surface area contributed by atoms with E-state index in [1.54, 1.807) is 25.1 Å². The second-order valence-corrected chi connectivity index (χ2v) is 7.21. The van der Waals surface area contributed by atoms with Gasteiger partial charge in [0.15, 0.2) is 5.75 Å². The monoisotopic (exact) mass is 408 g/mol. The third-order valence-electron chi connectivity index (χ3n) is 5.09. The van der Waals surface area contributed by atoms with E-state index >= 15 is 0 Å². The second kappa shape index (κ2) is 8.23. The Bertz CT molecular complexity index is 891. The minimum atomic E-state index is -4.74. The predicted octanol–water partition coefficient (Wildman–Crippen LogP) is 4.98. The molecule has 0 amide bonds. The highest BCUT2D eigenvalue weighted by Crippen LogP contribution is 2.34. The molecule has 8 heteroatoms. The number of carbonyl (C=O) groups is 1. The third kappa shape index (κ3) is 5.13. The molecule has 0 atom stereocenters. The van der Waals surface area contributed by atoms with Crippen molar-refractivity contribution in [3.63, 3.8) is 0 Å². The number of rotatable bonds is 5. The van der Waals surface area contributed by atoms with Gasteiger partial charge in [0.05, 0.1) is 11.3 Å². The number of nitrogens with zero attached hydrogens (tertiary/aromatic N) is 1. The standard InChI is InChI=1S/C21H23F3N2O3/c1-13-11-14(2)17(12-16(13)20(27)28)25-15-7-9-26(10-8-15)18-5-3-4-6-19(18)29-21(22,23)24/h3-6,11-12,15,25H,7-10H2,1-2H3,(H,27,28). The van der Waals surface area contributed by atoms with Crippen LogP contribution in [0.3, 0.4) is 0 Å². The molecule has 1 aliphatic rings. The van der Waals surface area contributed by atoms with E-state index in [9.17, 15) is 23.1 Å². The molecule has 0 radical (unpaired) electrons. The smallest absolute Gasteiger partial charge is 0.478 e. The van der Waals surface area contributed by atoms with E-state index in [0.717, 1.165) is 11.3 Å². The number of piperidine rings is 1. The first-order valence-corrected chi connectivity index (χ1v) is 9.35. The van der Waals surface area contributed by atoms with Gasteiger partial charge in [0.2, 0.25) is 0 Å². The van der Waals surface area contributed by atoms with Gasteiger partial charge in [-0.25, -0.2) is 4.79 Å². The van der Waals surface area contributed by atoms with Crippen LogP contribution >= 0.6 is 0 Å². The molecule has 1 saturated heterocycles. The molecule has 29 heavy (non-hydrogen) atoms. The highest BCUT2D eigenvalue weighted by atomic mass is 19.4. The number of alkyl halides is 3. The van der Waals surface area contributed by atoms with Gasteiger partial charge in [0, 0.05) is 24.8 Å². The summed E-state index contributed by atoms with van der Waals surface area (Å²) in [5, 5.41) is 12.7. The van der Waals surface area contributed by atoms with Crippen LogP contribution in [0.2, 0.25) is 0 Å². The zero-order chi connectivity index (χ0) is 21.2. The fourth-order valence-corrected chi connectivity index (χ4v) is 3.65. The number of halogens is 3. The number of aromatic carboxylic acids is 1. The Hall–Kier alpha value is -2.90.